The summed E-state index contributed by atoms with van der Waals surface area (Å²) in [4.78, 5) is -1.38. The van der Waals surface area contributed by atoms with Crippen molar-refractivity contribution in [2.24, 2.45) is 10.2 Å². The standard InChI is InChI=1S/C24H22N2O7S2/c1-24(2,3)16-6-8-19-14(10-16)5-9-21(27)23(19)26-25-17-7-4-15-11-18(34(28,29)30)13-22(20(15)12-17)35(31,32)33/h4-13,27H,1-3H3,(H,28,29,30)(H,31,32,33). The largest absolute Gasteiger partial charge is 0.506 e. The van der Waals surface area contributed by atoms with Crippen LogP contribution in [0.5, 0.6) is 5.75 Å². The maximum absolute atomic E-state index is 11.9. The number of rotatable bonds is 4. The van der Waals surface area contributed by atoms with Crippen LogP contribution in [-0.4, -0.2) is 31.0 Å². The molecule has 0 aliphatic rings. The lowest BCUT2D eigenvalue weighted by molar-refractivity contribution is 0.476. The molecule has 3 N–H and O–H groups in total. The van der Waals surface area contributed by atoms with Gasteiger partial charge in [0, 0.05) is 10.8 Å². The fourth-order valence-electron chi connectivity index (χ4n) is 3.69. The average Bonchev–Trinajstić information content (AvgIpc) is 2.75. The van der Waals surface area contributed by atoms with Gasteiger partial charge in [0.2, 0.25) is 0 Å². The lowest BCUT2D eigenvalue weighted by Crippen LogP contribution is -2.10. The summed E-state index contributed by atoms with van der Waals surface area (Å²) in [5.41, 5.74) is 1.44. The van der Waals surface area contributed by atoms with E-state index in [1.807, 2.05) is 18.2 Å². The minimum absolute atomic E-state index is 0.0201. The topological polar surface area (TPSA) is 154 Å². The Morgan fingerprint density at radius 1 is 0.714 bits per heavy atom. The number of benzene rings is 4. The molecular weight excluding hydrogens is 492 g/mol. The summed E-state index contributed by atoms with van der Waals surface area (Å²) in [6.07, 6.45) is 0. The van der Waals surface area contributed by atoms with Crippen LogP contribution in [0.2, 0.25) is 0 Å². The highest BCUT2D eigenvalue weighted by Crippen LogP contribution is 2.38. The van der Waals surface area contributed by atoms with Gasteiger partial charge in [-0.1, -0.05) is 51.1 Å². The molecule has 0 atom stereocenters. The molecule has 0 aromatic heterocycles. The van der Waals surface area contributed by atoms with Gasteiger partial charge in [-0.25, -0.2) is 0 Å². The third-order valence-corrected chi connectivity index (χ3v) is 7.28. The molecular formula is C24H22N2O7S2. The SMILES string of the molecule is CC(C)(C)c1ccc2c(N=Nc3ccc4cc(S(=O)(=O)O)cc(S(=O)(=O)O)c4c3)c(O)ccc2c1. The van der Waals surface area contributed by atoms with Crippen molar-refractivity contribution in [3.8, 4) is 5.75 Å². The van der Waals surface area contributed by atoms with E-state index in [-0.39, 0.29) is 33.3 Å². The molecule has 182 valence electrons. The summed E-state index contributed by atoms with van der Waals surface area (Å²) < 4.78 is 65.8. The van der Waals surface area contributed by atoms with E-state index in [9.17, 15) is 31.0 Å². The first-order chi connectivity index (χ1) is 16.1. The summed E-state index contributed by atoms with van der Waals surface area (Å²) in [7, 11) is -9.55. The van der Waals surface area contributed by atoms with Crippen molar-refractivity contribution >= 4 is 53.2 Å². The number of azo groups is 1. The summed E-state index contributed by atoms with van der Waals surface area (Å²) >= 11 is 0. The lowest BCUT2D eigenvalue weighted by Gasteiger charge is -2.19. The van der Waals surface area contributed by atoms with Gasteiger partial charge in [-0.2, -0.15) is 21.9 Å². The quantitative estimate of drug-likeness (QED) is 0.226. The maximum atomic E-state index is 11.9. The van der Waals surface area contributed by atoms with Crippen LogP contribution in [0.3, 0.4) is 0 Å². The number of hydrogen-bond donors (Lipinski definition) is 3. The van der Waals surface area contributed by atoms with Crippen LogP contribution >= 0.6 is 0 Å². The first-order valence-corrected chi connectivity index (χ1v) is 13.2. The van der Waals surface area contributed by atoms with E-state index in [2.05, 4.69) is 31.0 Å². The smallest absolute Gasteiger partial charge is 0.295 e. The summed E-state index contributed by atoms with van der Waals surface area (Å²) in [6, 6.07) is 15.0. The number of nitrogens with zero attached hydrogens (tertiary/aromatic N) is 2. The number of aromatic hydroxyl groups is 1. The molecule has 0 bridgehead atoms. The monoisotopic (exact) mass is 514 g/mol. The molecule has 35 heavy (non-hydrogen) atoms. The van der Waals surface area contributed by atoms with Gasteiger partial charge in [0.1, 0.15) is 16.3 Å². The minimum Gasteiger partial charge on any atom is -0.506 e. The summed E-state index contributed by atoms with van der Waals surface area (Å²) in [5, 5.41) is 20.3. The first kappa shape index (κ1) is 24.7. The van der Waals surface area contributed by atoms with Crippen molar-refractivity contribution in [1.82, 2.24) is 0 Å². The van der Waals surface area contributed by atoms with Crippen LogP contribution in [-0.2, 0) is 25.7 Å². The predicted octanol–water partition coefficient (Wildman–Crippen LogP) is 5.90. The van der Waals surface area contributed by atoms with Gasteiger partial charge in [-0.15, -0.1) is 5.11 Å². The number of hydrogen-bond acceptors (Lipinski definition) is 7. The zero-order valence-electron chi connectivity index (χ0n) is 19.0. The molecule has 4 rings (SSSR count). The van der Waals surface area contributed by atoms with E-state index in [1.54, 1.807) is 6.07 Å². The van der Waals surface area contributed by atoms with Crippen molar-refractivity contribution in [3.05, 3.63) is 66.2 Å². The van der Waals surface area contributed by atoms with E-state index < -0.39 is 30.0 Å². The highest BCUT2D eigenvalue weighted by molar-refractivity contribution is 7.86. The summed E-state index contributed by atoms with van der Waals surface area (Å²) in [5.74, 6) is -0.0954. The van der Waals surface area contributed by atoms with Crippen LogP contribution in [0.15, 0.2) is 80.7 Å². The molecule has 0 heterocycles. The number of fused-ring (bicyclic) bond motifs is 2. The van der Waals surface area contributed by atoms with E-state index in [4.69, 9.17) is 0 Å². The molecule has 0 amide bonds. The molecule has 0 saturated carbocycles. The van der Waals surface area contributed by atoms with Crippen molar-refractivity contribution in [3.63, 3.8) is 0 Å². The van der Waals surface area contributed by atoms with Crippen molar-refractivity contribution in [2.45, 2.75) is 36.0 Å². The van der Waals surface area contributed by atoms with Gasteiger partial charge >= 0.3 is 0 Å². The maximum Gasteiger partial charge on any atom is 0.295 e. The van der Waals surface area contributed by atoms with Crippen LogP contribution in [0.25, 0.3) is 21.5 Å². The second kappa shape index (κ2) is 8.38. The average molecular weight is 515 g/mol. The van der Waals surface area contributed by atoms with Crippen molar-refractivity contribution in [1.29, 1.82) is 0 Å². The Bertz CT molecular complexity index is 1740. The van der Waals surface area contributed by atoms with Crippen LogP contribution < -0.4 is 0 Å². The van der Waals surface area contributed by atoms with Gasteiger partial charge in [0.05, 0.1) is 10.6 Å². The Labute approximate surface area is 202 Å². The molecule has 4 aromatic rings. The zero-order valence-corrected chi connectivity index (χ0v) is 20.6. The molecule has 0 spiro atoms. The third kappa shape index (κ3) is 5.03. The van der Waals surface area contributed by atoms with Gasteiger partial charge in [0.25, 0.3) is 20.2 Å². The molecule has 11 heteroatoms. The normalized spacial score (nSPS) is 13.2. The second-order valence-corrected chi connectivity index (χ2v) is 11.9. The minimum atomic E-state index is -4.84. The molecule has 0 aliphatic carbocycles. The zero-order chi connectivity index (χ0) is 25.8. The fraction of sp³-hybridized carbons (Fsp3) is 0.167. The highest BCUT2D eigenvalue weighted by atomic mass is 32.2. The second-order valence-electron chi connectivity index (χ2n) is 9.10. The van der Waals surface area contributed by atoms with Gasteiger partial charge in [-0.05, 0) is 52.1 Å². The molecule has 4 aromatic carbocycles. The van der Waals surface area contributed by atoms with Crippen LogP contribution in [0.1, 0.15) is 26.3 Å². The number of phenols is 1. The molecule has 0 aliphatic heterocycles. The fourth-order valence-corrected chi connectivity index (χ4v) is 5.04. The van der Waals surface area contributed by atoms with Gasteiger partial charge in [0.15, 0.2) is 0 Å². The van der Waals surface area contributed by atoms with Gasteiger partial charge in [-0.3, -0.25) is 9.11 Å². The summed E-state index contributed by atoms with van der Waals surface area (Å²) in [6.45, 7) is 6.28. The lowest BCUT2D eigenvalue weighted by atomic mass is 9.86. The van der Waals surface area contributed by atoms with E-state index in [1.165, 1.54) is 24.3 Å². The van der Waals surface area contributed by atoms with E-state index in [0.717, 1.165) is 17.0 Å². The van der Waals surface area contributed by atoms with Crippen LogP contribution in [0.4, 0.5) is 11.4 Å². The van der Waals surface area contributed by atoms with Crippen LogP contribution in [0, 0.1) is 0 Å². The Balaban J connectivity index is 1.85. The molecule has 0 saturated heterocycles. The Morgan fingerprint density at radius 3 is 2.00 bits per heavy atom. The van der Waals surface area contributed by atoms with E-state index in [0.29, 0.717) is 11.5 Å². The Hall–Kier alpha value is -3.38. The molecule has 0 radical (unpaired) electrons. The third-order valence-electron chi connectivity index (χ3n) is 5.55. The van der Waals surface area contributed by atoms with Crippen molar-refractivity contribution < 1.29 is 31.0 Å². The molecule has 9 nitrogen and oxygen atoms in total. The first-order valence-electron chi connectivity index (χ1n) is 10.4. The Morgan fingerprint density at radius 2 is 1.37 bits per heavy atom. The van der Waals surface area contributed by atoms with Gasteiger partial charge < -0.3 is 5.11 Å². The molecule has 0 fully saturated rings. The molecule has 0 unspecified atom stereocenters. The van der Waals surface area contributed by atoms with Crippen molar-refractivity contribution in [2.75, 3.05) is 0 Å². The van der Waals surface area contributed by atoms with E-state index >= 15 is 0 Å². The Kier molecular flexibility index (Phi) is 5.92. The predicted molar refractivity (Wildman–Crippen MR) is 132 cm³/mol. The number of phenolic OH excluding ortho intramolecular Hbond substituents is 1. The highest BCUT2D eigenvalue weighted by Gasteiger charge is 2.21.